The van der Waals surface area contributed by atoms with Crippen molar-refractivity contribution in [2.45, 2.75) is 31.6 Å². The number of aromatic nitrogens is 1. The van der Waals surface area contributed by atoms with E-state index >= 15 is 0 Å². The van der Waals surface area contributed by atoms with Gasteiger partial charge < -0.3 is 14.6 Å². The van der Waals surface area contributed by atoms with Crippen molar-refractivity contribution in [2.24, 2.45) is 5.92 Å². The topological polar surface area (TPSA) is 119 Å². The lowest BCUT2D eigenvalue weighted by molar-refractivity contribution is -0.120. The summed E-state index contributed by atoms with van der Waals surface area (Å²) < 4.78 is 36.7. The summed E-state index contributed by atoms with van der Waals surface area (Å²) in [6.07, 6.45) is 0.823. The van der Waals surface area contributed by atoms with Gasteiger partial charge in [-0.15, -0.1) is 0 Å². The average Bonchev–Trinajstić information content (AvgIpc) is 3.06. The van der Waals surface area contributed by atoms with Crippen LogP contribution in [-0.4, -0.2) is 50.0 Å². The number of rotatable bonds is 5. The first-order chi connectivity index (χ1) is 13.7. The molecule has 0 bridgehead atoms. The Bertz CT molecular complexity index is 986. The van der Waals surface area contributed by atoms with Crippen molar-refractivity contribution in [1.82, 2.24) is 9.46 Å². The highest BCUT2D eigenvalue weighted by molar-refractivity contribution is 7.89. The minimum absolute atomic E-state index is 0.103. The molecule has 1 aromatic carbocycles. The largest absolute Gasteiger partial charge is 0.465 e. The predicted molar refractivity (Wildman–Crippen MR) is 104 cm³/mol. The second-order valence-corrected chi connectivity index (χ2v) is 8.76. The predicted octanol–water partition coefficient (Wildman–Crippen LogP) is 2.12. The van der Waals surface area contributed by atoms with E-state index in [9.17, 15) is 18.0 Å². The number of nitrogens with one attached hydrogen (secondary N) is 1. The summed E-state index contributed by atoms with van der Waals surface area (Å²) in [5.74, 6) is -0.663. The number of carbonyl (C=O) groups is 2. The molecule has 0 saturated carbocycles. The van der Waals surface area contributed by atoms with Gasteiger partial charge in [0.05, 0.1) is 12.7 Å². The minimum atomic E-state index is -3.70. The monoisotopic (exact) mass is 421 g/mol. The number of esters is 1. The van der Waals surface area contributed by atoms with Gasteiger partial charge in [0.15, 0.2) is 5.76 Å². The van der Waals surface area contributed by atoms with Crippen molar-refractivity contribution in [2.75, 3.05) is 25.5 Å². The number of ether oxygens (including phenoxy) is 1. The van der Waals surface area contributed by atoms with E-state index in [4.69, 9.17) is 4.52 Å². The van der Waals surface area contributed by atoms with Crippen LogP contribution in [0.2, 0.25) is 0 Å². The minimum Gasteiger partial charge on any atom is -0.465 e. The molecule has 9 nitrogen and oxygen atoms in total. The number of methoxy groups -OCH3 is 1. The normalized spacial score (nSPS) is 15.8. The molecule has 10 heteroatoms. The maximum Gasteiger partial charge on any atom is 0.337 e. The quantitative estimate of drug-likeness (QED) is 0.735. The fourth-order valence-corrected chi connectivity index (χ4v) is 5.14. The first-order valence-electron chi connectivity index (χ1n) is 9.16. The first-order valence-corrected chi connectivity index (χ1v) is 10.6. The highest BCUT2D eigenvalue weighted by Crippen LogP contribution is 2.28. The molecular weight excluding hydrogens is 398 g/mol. The van der Waals surface area contributed by atoms with Crippen LogP contribution in [0.25, 0.3) is 0 Å². The van der Waals surface area contributed by atoms with Gasteiger partial charge in [0.1, 0.15) is 10.6 Å². The van der Waals surface area contributed by atoms with Crippen LogP contribution in [0.5, 0.6) is 0 Å². The summed E-state index contributed by atoms with van der Waals surface area (Å²) in [5, 5.41) is 6.53. The van der Waals surface area contributed by atoms with Gasteiger partial charge in [0.25, 0.3) is 0 Å². The van der Waals surface area contributed by atoms with Crippen LogP contribution < -0.4 is 5.32 Å². The zero-order valence-corrected chi connectivity index (χ0v) is 17.3. The second kappa shape index (κ2) is 8.34. The van der Waals surface area contributed by atoms with Crippen LogP contribution in [0.1, 0.15) is 34.7 Å². The summed E-state index contributed by atoms with van der Waals surface area (Å²) in [7, 11) is -2.40. The molecule has 2 aromatic rings. The maximum atomic E-state index is 12.9. The number of nitrogens with zero attached hydrogens (tertiary/aromatic N) is 2. The number of hydrogen-bond donors (Lipinski definition) is 1. The molecule has 1 N–H and O–H groups in total. The summed E-state index contributed by atoms with van der Waals surface area (Å²) in [6.45, 7) is 3.64. The van der Waals surface area contributed by atoms with Gasteiger partial charge in [-0.05, 0) is 51.0 Å². The number of carbonyl (C=O) groups excluding carboxylic acids is 2. The molecule has 0 aliphatic carbocycles. The number of piperidine rings is 1. The van der Waals surface area contributed by atoms with E-state index in [1.165, 1.54) is 11.4 Å². The Morgan fingerprint density at radius 2 is 1.79 bits per heavy atom. The van der Waals surface area contributed by atoms with Crippen LogP contribution in [0.15, 0.2) is 33.7 Å². The van der Waals surface area contributed by atoms with E-state index in [1.807, 2.05) is 0 Å². The van der Waals surface area contributed by atoms with Crippen molar-refractivity contribution in [3.05, 3.63) is 41.3 Å². The summed E-state index contributed by atoms with van der Waals surface area (Å²) in [4.78, 5) is 24.1. The average molecular weight is 421 g/mol. The van der Waals surface area contributed by atoms with Gasteiger partial charge in [-0.3, -0.25) is 4.79 Å². The zero-order valence-electron chi connectivity index (χ0n) is 16.5. The maximum absolute atomic E-state index is 12.9. The van der Waals surface area contributed by atoms with Crippen LogP contribution >= 0.6 is 0 Å². The number of benzene rings is 1. The van der Waals surface area contributed by atoms with Gasteiger partial charge in [0.2, 0.25) is 15.9 Å². The smallest absolute Gasteiger partial charge is 0.337 e. The third kappa shape index (κ3) is 4.33. The van der Waals surface area contributed by atoms with Crippen molar-refractivity contribution < 1.29 is 27.3 Å². The number of hydrogen-bond acceptors (Lipinski definition) is 7. The molecule has 1 aliphatic rings. The third-order valence-electron chi connectivity index (χ3n) is 4.96. The highest BCUT2D eigenvalue weighted by Gasteiger charge is 2.35. The Hall–Kier alpha value is -2.72. The van der Waals surface area contributed by atoms with Gasteiger partial charge in [-0.25, -0.2) is 13.2 Å². The molecule has 0 spiro atoms. The summed E-state index contributed by atoms with van der Waals surface area (Å²) in [5.41, 5.74) is 1.29. The SMILES string of the molecule is COC(=O)c1ccc(NC(=O)C2CCN(S(=O)(=O)c3c(C)noc3C)CC2)cc1. The van der Waals surface area contributed by atoms with E-state index in [0.29, 0.717) is 29.8 Å². The molecule has 1 aromatic heterocycles. The fraction of sp³-hybridized carbons (Fsp3) is 0.421. The van der Waals surface area contributed by atoms with Gasteiger partial charge in [-0.1, -0.05) is 5.16 Å². The standard InChI is InChI=1S/C19H23N3O6S/c1-12-17(13(2)28-21-12)29(25,26)22-10-8-14(9-11-22)18(23)20-16-6-4-15(5-7-16)19(24)27-3/h4-7,14H,8-11H2,1-3H3,(H,20,23). The molecule has 1 saturated heterocycles. The fourth-order valence-electron chi connectivity index (χ4n) is 3.38. The molecule has 29 heavy (non-hydrogen) atoms. The number of anilines is 1. The lowest BCUT2D eigenvalue weighted by Crippen LogP contribution is -2.41. The molecule has 0 atom stereocenters. The lowest BCUT2D eigenvalue weighted by Gasteiger charge is -2.30. The van der Waals surface area contributed by atoms with Crippen molar-refractivity contribution in [3.63, 3.8) is 0 Å². The first kappa shape index (κ1) is 21.0. The molecule has 0 unspecified atom stereocenters. The Balaban J connectivity index is 1.60. The van der Waals surface area contributed by atoms with Crippen molar-refractivity contribution >= 4 is 27.6 Å². The summed E-state index contributed by atoms with van der Waals surface area (Å²) >= 11 is 0. The van der Waals surface area contributed by atoms with Crippen molar-refractivity contribution in [1.29, 1.82) is 0 Å². The van der Waals surface area contributed by atoms with Gasteiger partial charge in [0, 0.05) is 24.7 Å². The van der Waals surface area contributed by atoms with E-state index in [2.05, 4.69) is 15.2 Å². The van der Waals surface area contributed by atoms with E-state index in [-0.39, 0.29) is 35.6 Å². The summed E-state index contributed by atoms with van der Waals surface area (Å²) in [6, 6.07) is 6.39. The second-order valence-electron chi connectivity index (χ2n) is 6.89. The molecule has 2 heterocycles. The Morgan fingerprint density at radius 1 is 1.17 bits per heavy atom. The molecular formula is C19H23N3O6S. The van der Waals surface area contributed by atoms with Crippen LogP contribution in [0.3, 0.4) is 0 Å². The number of amides is 1. The Labute approximate surface area is 169 Å². The van der Waals surface area contributed by atoms with E-state index in [0.717, 1.165) is 0 Å². The molecule has 1 amide bonds. The highest BCUT2D eigenvalue weighted by atomic mass is 32.2. The van der Waals surface area contributed by atoms with Crippen molar-refractivity contribution in [3.8, 4) is 0 Å². The van der Waals surface area contributed by atoms with Crippen LogP contribution in [-0.2, 0) is 19.6 Å². The number of sulfonamides is 1. The Morgan fingerprint density at radius 3 is 2.31 bits per heavy atom. The van der Waals surface area contributed by atoms with E-state index in [1.54, 1.807) is 38.1 Å². The van der Waals surface area contributed by atoms with Crippen LogP contribution in [0.4, 0.5) is 5.69 Å². The van der Waals surface area contributed by atoms with Crippen LogP contribution in [0, 0.1) is 19.8 Å². The molecule has 1 aliphatic heterocycles. The molecule has 1 fully saturated rings. The lowest BCUT2D eigenvalue weighted by atomic mass is 9.97. The van der Waals surface area contributed by atoms with E-state index < -0.39 is 16.0 Å². The van der Waals surface area contributed by atoms with Gasteiger partial charge >= 0.3 is 5.97 Å². The van der Waals surface area contributed by atoms with Gasteiger partial charge in [-0.2, -0.15) is 4.31 Å². The molecule has 0 radical (unpaired) electrons. The molecule has 3 rings (SSSR count). The zero-order chi connectivity index (χ0) is 21.2. The third-order valence-corrected chi connectivity index (χ3v) is 7.11. The molecule has 156 valence electrons. The Kier molecular flexibility index (Phi) is 6.04. The number of aryl methyl sites for hydroxylation is 2.